The van der Waals surface area contributed by atoms with Crippen LogP contribution in [0.4, 0.5) is 0 Å². The van der Waals surface area contributed by atoms with Crippen molar-refractivity contribution in [2.45, 2.75) is 51.2 Å². The van der Waals surface area contributed by atoms with Crippen molar-refractivity contribution >= 4 is 29.1 Å². The maximum Gasteiger partial charge on any atom is 0.224 e. The average molecular weight is 457 g/mol. The van der Waals surface area contributed by atoms with Gasteiger partial charge in [0.1, 0.15) is 0 Å². The largest absolute Gasteiger partial charge is 0.391 e. The minimum atomic E-state index is -0.462. The number of nitrogens with zero attached hydrogens (tertiary/aromatic N) is 1. The van der Waals surface area contributed by atoms with Gasteiger partial charge in [-0.1, -0.05) is 60.3 Å². The van der Waals surface area contributed by atoms with Crippen LogP contribution in [-0.2, 0) is 11.2 Å². The summed E-state index contributed by atoms with van der Waals surface area (Å²) >= 11 is 12.6. The monoisotopic (exact) mass is 456 g/mol. The van der Waals surface area contributed by atoms with Crippen LogP contribution in [0.1, 0.15) is 36.9 Å². The van der Waals surface area contributed by atoms with E-state index in [2.05, 4.69) is 9.88 Å². The van der Waals surface area contributed by atoms with Crippen molar-refractivity contribution in [3.05, 3.63) is 75.9 Å². The van der Waals surface area contributed by atoms with Crippen molar-refractivity contribution in [3.8, 4) is 16.9 Å². The van der Waals surface area contributed by atoms with Gasteiger partial charge in [-0.15, -0.1) is 0 Å². The lowest BCUT2D eigenvalue weighted by atomic mass is 9.92. The SMILES string of the molecule is Cc1c(CC(=O)N[C@@H]2CCCC[C@H]2O)cc(-c2ccc(Cl)cc2)n1-c1ccccc1Cl. The topological polar surface area (TPSA) is 54.3 Å². The van der Waals surface area contributed by atoms with Crippen molar-refractivity contribution in [2.75, 3.05) is 0 Å². The fourth-order valence-electron chi connectivity index (χ4n) is 4.32. The Bertz CT molecular complexity index is 1080. The molecule has 4 rings (SSSR count). The first-order valence-corrected chi connectivity index (χ1v) is 11.4. The van der Waals surface area contributed by atoms with Crippen LogP contribution in [0.15, 0.2) is 54.6 Å². The predicted molar refractivity (Wildman–Crippen MR) is 126 cm³/mol. The summed E-state index contributed by atoms with van der Waals surface area (Å²) in [7, 11) is 0. The smallest absolute Gasteiger partial charge is 0.224 e. The van der Waals surface area contributed by atoms with Crippen LogP contribution in [0.5, 0.6) is 0 Å². The van der Waals surface area contributed by atoms with Gasteiger partial charge >= 0.3 is 0 Å². The summed E-state index contributed by atoms with van der Waals surface area (Å²) in [5.41, 5.74) is 4.68. The van der Waals surface area contributed by atoms with Crippen LogP contribution in [0.25, 0.3) is 16.9 Å². The molecule has 0 bridgehead atoms. The molecule has 1 amide bonds. The zero-order valence-electron chi connectivity index (χ0n) is 17.4. The first-order chi connectivity index (χ1) is 14.9. The van der Waals surface area contributed by atoms with Crippen molar-refractivity contribution in [1.29, 1.82) is 0 Å². The molecule has 162 valence electrons. The number of hydrogen-bond acceptors (Lipinski definition) is 2. The van der Waals surface area contributed by atoms with Gasteiger partial charge in [0, 0.05) is 10.7 Å². The number of benzene rings is 2. The highest BCUT2D eigenvalue weighted by molar-refractivity contribution is 6.32. The number of amides is 1. The van der Waals surface area contributed by atoms with E-state index in [9.17, 15) is 9.90 Å². The van der Waals surface area contributed by atoms with Crippen LogP contribution >= 0.6 is 23.2 Å². The average Bonchev–Trinajstić information content (AvgIpc) is 3.06. The lowest BCUT2D eigenvalue weighted by Gasteiger charge is -2.28. The molecule has 2 N–H and O–H groups in total. The summed E-state index contributed by atoms with van der Waals surface area (Å²) in [6.45, 7) is 2.00. The maximum absolute atomic E-state index is 12.8. The Morgan fingerprint density at radius 2 is 1.81 bits per heavy atom. The Balaban J connectivity index is 1.69. The van der Waals surface area contributed by atoms with Gasteiger partial charge in [-0.3, -0.25) is 4.79 Å². The van der Waals surface area contributed by atoms with Gasteiger partial charge in [-0.2, -0.15) is 0 Å². The Labute approximate surface area is 192 Å². The van der Waals surface area contributed by atoms with E-state index in [1.165, 1.54) is 0 Å². The fraction of sp³-hybridized carbons (Fsp3) is 0.320. The molecule has 1 aromatic heterocycles. The molecule has 4 nitrogen and oxygen atoms in total. The van der Waals surface area contributed by atoms with E-state index in [0.29, 0.717) is 10.0 Å². The molecule has 1 heterocycles. The van der Waals surface area contributed by atoms with Crippen LogP contribution in [0, 0.1) is 6.92 Å². The van der Waals surface area contributed by atoms with Crippen LogP contribution in [0.2, 0.25) is 10.0 Å². The second-order valence-electron chi connectivity index (χ2n) is 8.14. The van der Waals surface area contributed by atoms with Crippen LogP contribution in [0.3, 0.4) is 0 Å². The third-order valence-electron chi connectivity index (χ3n) is 6.01. The van der Waals surface area contributed by atoms with Crippen LogP contribution < -0.4 is 5.32 Å². The van der Waals surface area contributed by atoms with Crippen molar-refractivity contribution < 1.29 is 9.90 Å². The Kier molecular flexibility index (Phi) is 6.71. The summed E-state index contributed by atoms with van der Waals surface area (Å²) in [5, 5.41) is 14.5. The van der Waals surface area contributed by atoms with Crippen molar-refractivity contribution in [1.82, 2.24) is 9.88 Å². The molecule has 31 heavy (non-hydrogen) atoms. The molecular formula is C25H26Cl2N2O2. The number of rotatable bonds is 5. The van der Waals surface area contributed by atoms with E-state index < -0.39 is 6.10 Å². The molecule has 1 aliphatic rings. The van der Waals surface area contributed by atoms with Crippen molar-refractivity contribution in [2.24, 2.45) is 0 Å². The molecule has 1 saturated carbocycles. The summed E-state index contributed by atoms with van der Waals surface area (Å²) in [6.07, 6.45) is 3.39. The molecule has 1 fully saturated rings. The normalized spacial score (nSPS) is 18.7. The predicted octanol–water partition coefficient (Wildman–Crippen LogP) is 5.72. The molecular weight excluding hydrogens is 431 g/mol. The van der Waals surface area contributed by atoms with Crippen molar-refractivity contribution in [3.63, 3.8) is 0 Å². The van der Waals surface area contributed by atoms with Gasteiger partial charge < -0.3 is 15.0 Å². The molecule has 1 aliphatic carbocycles. The number of aliphatic hydroxyl groups is 1. The summed E-state index contributed by atoms with van der Waals surface area (Å²) in [4.78, 5) is 12.8. The fourth-order valence-corrected chi connectivity index (χ4v) is 4.67. The van der Waals surface area contributed by atoms with E-state index in [0.717, 1.165) is 53.9 Å². The van der Waals surface area contributed by atoms with Crippen LogP contribution in [-0.4, -0.2) is 27.7 Å². The minimum Gasteiger partial charge on any atom is -0.391 e. The maximum atomic E-state index is 12.8. The molecule has 0 aliphatic heterocycles. The Hall–Kier alpha value is -2.27. The van der Waals surface area contributed by atoms with E-state index in [-0.39, 0.29) is 18.4 Å². The number of para-hydroxylation sites is 1. The Morgan fingerprint density at radius 3 is 2.52 bits per heavy atom. The quantitative estimate of drug-likeness (QED) is 0.515. The number of carbonyl (C=O) groups is 1. The molecule has 2 aromatic carbocycles. The third-order valence-corrected chi connectivity index (χ3v) is 6.58. The molecule has 2 atom stereocenters. The highest BCUT2D eigenvalue weighted by Crippen LogP contribution is 2.33. The van der Waals surface area contributed by atoms with Gasteiger partial charge in [-0.25, -0.2) is 0 Å². The lowest BCUT2D eigenvalue weighted by Crippen LogP contribution is -2.45. The van der Waals surface area contributed by atoms with Gasteiger partial charge in [-0.05, 0) is 61.2 Å². The molecule has 0 saturated heterocycles. The summed E-state index contributed by atoms with van der Waals surface area (Å²) in [6, 6.07) is 17.2. The standard InChI is InChI=1S/C25H26Cl2N2O2/c1-16-18(15-25(31)28-21-7-3-5-9-24(21)30)14-23(17-10-12-19(26)13-11-17)29(16)22-8-4-2-6-20(22)27/h2,4,6,8,10-14,21,24,30H,3,5,7,9,15H2,1H3,(H,28,31)/t21-,24-/m1/s1. The molecule has 3 aromatic rings. The first kappa shape index (κ1) is 21.9. The first-order valence-electron chi connectivity index (χ1n) is 10.6. The number of aromatic nitrogens is 1. The molecule has 0 spiro atoms. The minimum absolute atomic E-state index is 0.0759. The van der Waals surface area contributed by atoms with E-state index in [1.54, 1.807) is 0 Å². The summed E-state index contributed by atoms with van der Waals surface area (Å²) < 4.78 is 2.09. The molecule has 0 radical (unpaired) electrons. The highest BCUT2D eigenvalue weighted by atomic mass is 35.5. The number of aliphatic hydroxyl groups excluding tert-OH is 1. The second-order valence-corrected chi connectivity index (χ2v) is 8.98. The van der Waals surface area contributed by atoms with Gasteiger partial charge in [0.15, 0.2) is 0 Å². The van der Waals surface area contributed by atoms with E-state index >= 15 is 0 Å². The highest BCUT2D eigenvalue weighted by Gasteiger charge is 2.25. The zero-order chi connectivity index (χ0) is 22.0. The van der Waals surface area contributed by atoms with Gasteiger partial charge in [0.05, 0.1) is 35.0 Å². The van der Waals surface area contributed by atoms with Gasteiger partial charge in [0.25, 0.3) is 0 Å². The number of carbonyl (C=O) groups excluding carboxylic acids is 1. The Morgan fingerprint density at radius 1 is 1.10 bits per heavy atom. The van der Waals surface area contributed by atoms with E-state index in [1.807, 2.05) is 61.5 Å². The van der Waals surface area contributed by atoms with Gasteiger partial charge in [0.2, 0.25) is 5.91 Å². The van der Waals surface area contributed by atoms with E-state index in [4.69, 9.17) is 23.2 Å². The molecule has 0 unspecified atom stereocenters. The summed E-state index contributed by atoms with van der Waals surface area (Å²) in [5.74, 6) is -0.0759. The third kappa shape index (κ3) is 4.82. The number of hydrogen-bond donors (Lipinski definition) is 2. The lowest BCUT2D eigenvalue weighted by molar-refractivity contribution is -0.122. The zero-order valence-corrected chi connectivity index (χ0v) is 19.0. The second kappa shape index (κ2) is 9.47. The number of nitrogens with one attached hydrogen (secondary N) is 1. The number of halogens is 2. The molecule has 6 heteroatoms.